The summed E-state index contributed by atoms with van der Waals surface area (Å²) in [6.07, 6.45) is 0.183. The van der Waals surface area contributed by atoms with Gasteiger partial charge < -0.3 is 34.9 Å². The molecule has 10 nitrogen and oxygen atoms in total. The smallest absolute Gasteiger partial charge is 0.339 e. The number of carbonyl (C=O) groups excluding carboxylic acids is 3. The van der Waals surface area contributed by atoms with E-state index in [2.05, 4.69) is 10.6 Å². The monoisotopic (exact) mass is 485 g/mol. The quantitative estimate of drug-likeness (QED) is 0.387. The number of likely N-dealkylation sites (tertiary alicyclic amines) is 1. The highest BCUT2D eigenvalue weighted by Crippen LogP contribution is 2.19. The van der Waals surface area contributed by atoms with Crippen molar-refractivity contribution in [3.63, 3.8) is 0 Å². The minimum absolute atomic E-state index is 0.108. The average Bonchev–Trinajstić information content (AvgIpc) is 3.05. The Morgan fingerprint density at radius 2 is 1.80 bits per heavy atom. The van der Waals surface area contributed by atoms with Crippen molar-refractivity contribution in [1.82, 2.24) is 10.2 Å². The number of rotatable bonds is 8. The maximum atomic E-state index is 13.0. The summed E-state index contributed by atoms with van der Waals surface area (Å²) in [6.45, 7) is 1.36. The van der Waals surface area contributed by atoms with Crippen molar-refractivity contribution in [2.24, 2.45) is 0 Å². The zero-order valence-electron chi connectivity index (χ0n) is 19.9. The Morgan fingerprint density at radius 1 is 1.06 bits per heavy atom. The lowest BCUT2D eigenvalue weighted by molar-refractivity contribution is 0.0601. The average molecular weight is 486 g/mol. The molecule has 1 heterocycles. The number of hydrogen-bond acceptors (Lipinski definition) is 7. The second-order valence-electron chi connectivity index (χ2n) is 8.07. The van der Waals surface area contributed by atoms with E-state index in [0.29, 0.717) is 49.6 Å². The second kappa shape index (κ2) is 12.7. The Bertz CT molecular complexity index is 1010. The third kappa shape index (κ3) is 7.17. The fourth-order valence-electron chi connectivity index (χ4n) is 3.74. The summed E-state index contributed by atoms with van der Waals surface area (Å²) in [5.74, 6) is -0.314. The summed E-state index contributed by atoms with van der Waals surface area (Å²) in [4.78, 5) is 39.3. The van der Waals surface area contributed by atoms with Crippen molar-refractivity contribution in [2.75, 3.05) is 45.8 Å². The van der Waals surface area contributed by atoms with E-state index in [1.54, 1.807) is 55.6 Å². The number of methoxy groups -OCH3 is 2. The molecule has 1 fully saturated rings. The van der Waals surface area contributed by atoms with E-state index in [1.807, 2.05) is 0 Å². The number of amides is 3. The number of ether oxygens (including phenoxy) is 3. The molecule has 0 spiro atoms. The van der Waals surface area contributed by atoms with Crippen LogP contribution in [0.5, 0.6) is 5.75 Å². The van der Waals surface area contributed by atoms with Gasteiger partial charge in [-0.1, -0.05) is 12.1 Å². The van der Waals surface area contributed by atoms with Gasteiger partial charge in [0.1, 0.15) is 12.4 Å². The molecule has 3 amide bonds. The van der Waals surface area contributed by atoms with E-state index >= 15 is 0 Å². The Labute approximate surface area is 204 Å². The van der Waals surface area contributed by atoms with Gasteiger partial charge in [0.2, 0.25) is 0 Å². The summed E-state index contributed by atoms with van der Waals surface area (Å²) < 4.78 is 15.2. The lowest BCUT2D eigenvalue weighted by Gasteiger charge is -2.27. The van der Waals surface area contributed by atoms with Crippen LogP contribution in [0.4, 0.5) is 10.5 Å². The lowest BCUT2D eigenvalue weighted by Crippen LogP contribution is -2.50. The van der Waals surface area contributed by atoms with Crippen LogP contribution in [0.25, 0.3) is 0 Å². The van der Waals surface area contributed by atoms with Gasteiger partial charge in [0.05, 0.1) is 37.1 Å². The first kappa shape index (κ1) is 26.0. The number of para-hydroxylation sites is 1. The molecule has 0 unspecified atom stereocenters. The van der Waals surface area contributed by atoms with Gasteiger partial charge >= 0.3 is 12.0 Å². The Morgan fingerprint density at radius 3 is 2.51 bits per heavy atom. The first-order valence-corrected chi connectivity index (χ1v) is 11.4. The van der Waals surface area contributed by atoms with Crippen molar-refractivity contribution >= 4 is 23.6 Å². The van der Waals surface area contributed by atoms with E-state index < -0.39 is 24.1 Å². The number of urea groups is 1. The molecule has 2 aromatic rings. The zero-order valence-corrected chi connectivity index (χ0v) is 19.9. The first-order chi connectivity index (χ1) is 16.9. The van der Waals surface area contributed by atoms with Crippen LogP contribution in [0.3, 0.4) is 0 Å². The summed E-state index contributed by atoms with van der Waals surface area (Å²) in [5.41, 5.74) is 0.962. The predicted molar refractivity (Wildman–Crippen MR) is 129 cm³/mol. The largest absolute Gasteiger partial charge is 0.491 e. The fraction of sp³-hybridized carbons (Fsp3) is 0.400. The van der Waals surface area contributed by atoms with Crippen LogP contribution in [-0.4, -0.2) is 80.6 Å². The van der Waals surface area contributed by atoms with Crippen molar-refractivity contribution < 1.29 is 33.7 Å². The molecule has 0 aromatic heterocycles. The number of nitrogens with zero attached hydrogens (tertiary/aromatic N) is 1. The van der Waals surface area contributed by atoms with Crippen molar-refractivity contribution in [3.8, 4) is 5.75 Å². The number of esters is 1. The number of anilines is 1. The molecule has 3 rings (SSSR count). The van der Waals surface area contributed by atoms with Gasteiger partial charge in [-0.3, -0.25) is 4.79 Å². The van der Waals surface area contributed by atoms with E-state index in [0.717, 1.165) is 0 Å². The van der Waals surface area contributed by atoms with Gasteiger partial charge in [-0.25, -0.2) is 9.59 Å². The minimum Gasteiger partial charge on any atom is -0.491 e. The zero-order chi connectivity index (χ0) is 25.2. The summed E-state index contributed by atoms with van der Waals surface area (Å²) >= 11 is 0. The van der Waals surface area contributed by atoms with E-state index in [-0.39, 0.29) is 18.0 Å². The molecule has 35 heavy (non-hydrogen) atoms. The third-order valence-corrected chi connectivity index (χ3v) is 5.66. The minimum atomic E-state index is -0.809. The molecule has 188 valence electrons. The molecule has 1 aliphatic heterocycles. The topological polar surface area (TPSA) is 126 Å². The van der Waals surface area contributed by atoms with Gasteiger partial charge in [0, 0.05) is 25.8 Å². The molecule has 10 heteroatoms. The molecular formula is C25H31N3O7. The third-order valence-electron chi connectivity index (χ3n) is 5.66. The van der Waals surface area contributed by atoms with Gasteiger partial charge in [0.15, 0.2) is 0 Å². The number of benzene rings is 2. The Kier molecular flexibility index (Phi) is 9.45. The molecule has 0 bridgehead atoms. The van der Waals surface area contributed by atoms with Gasteiger partial charge in [-0.05, 0) is 49.2 Å². The fourth-order valence-corrected chi connectivity index (χ4v) is 3.74. The molecule has 0 aliphatic carbocycles. The van der Waals surface area contributed by atoms with Crippen molar-refractivity contribution in [2.45, 2.75) is 25.0 Å². The summed E-state index contributed by atoms with van der Waals surface area (Å²) in [6, 6.07) is 12.1. The van der Waals surface area contributed by atoms with Crippen molar-refractivity contribution in [3.05, 3.63) is 59.7 Å². The normalized spacial score (nSPS) is 17.7. The molecule has 2 aromatic carbocycles. The molecular weight excluding hydrogens is 454 g/mol. The summed E-state index contributed by atoms with van der Waals surface area (Å²) in [5, 5.41) is 16.2. The highest BCUT2D eigenvalue weighted by atomic mass is 16.5. The van der Waals surface area contributed by atoms with Gasteiger partial charge in [-0.15, -0.1) is 0 Å². The lowest BCUT2D eigenvalue weighted by atomic mass is 10.1. The first-order valence-electron chi connectivity index (χ1n) is 11.4. The van der Waals surface area contributed by atoms with Gasteiger partial charge in [-0.2, -0.15) is 0 Å². The number of carbonyl (C=O) groups is 3. The number of nitrogens with one attached hydrogen (secondary N) is 2. The van der Waals surface area contributed by atoms with Crippen LogP contribution in [0.1, 0.15) is 33.6 Å². The standard InChI is InChI=1S/C25H31N3O7/c1-33-14-15-35-18-11-9-17(10-12-18)23(30)26-21-16-28(13-5-8-22(21)29)25(32)27-20-7-4-3-6-19(20)24(31)34-2/h3-4,6-7,9-12,21-22,29H,5,8,13-16H2,1-2H3,(H,26,30)(H,27,32)/t21-,22+/m0/s1. The van der Waals surface area contributed by atoms with Crippen LogP contribution in [0, 0.1) is 0 Å². The number of aliphatic hydroxyl groups excluding tert-OH is 1. The van der Waals surface area contributed by atoms with Crippen molar-refractivity contribution in [1.29, 1.82) is 0 Å². The molecule has 3 N–H and O–H groups in total. The van der Waals surface area contributed by atoms with E-state index in [1.165, 1.54) is 12.0 Å². The maximum Gasteiger partial charge on any atom is 0.339 e. The molecule has 0 saturated carbocycles. The Hall–Kier alpha value is -3.63. The highest BCUT2D eigenvalue weighted by Gasteiger charge is 2.30. The summed E-state index contributed by atoms with van der Waals surface area (Å²) in [7, 11) is 2.86. The van der Waals surface area contributed by atoms with Crippen LogP contribution in [0.2, 0.25) is 0 Å². The Balaban J connectivity index is 1.64. The predicted octanol–water partition coefficient (Wildman–Crippen LogP) is 2.29. The highest BCUT2D eigenvalue weighted by molar-refractivity contribution is 6.00. The van der Waals surface area contributed by atoms with E-state index in [4.69, 9.17) is 14.2 Å². The van der Waals surface area contributed by atoms with Crippen LogP contribution >= 0.6 is 0 Å². The second-order valence-corrected chi connectivity index (χ2v) is 8.07. The number of aliphatic hydroxyl groups is 1. The molecule has 1 saturated heterocycles. The number of hydrogen-bond donors (Lipinski definition) is 3. The van der Waals surface area contributed by atoms with Crippen LogP contribution in [-0.2, 0) is 9.47 Å². The van der Waals surface area contributed by atoms with E-state index in [9.17, 15) is 19.5 Å². The SMILES string of the molecule is COCCOc1ccc(C(=O)N[C@H]2CN(C(=O)Nc3ccccc3C(=O)OC)CCC[C@H]2O)cc1. The molecule has 1 aliphatic rings. The van der Waals surface area contributed by atoms with Gasteiger partial charge in [0.25, 0.3) is 5.91 Å². The van der Waals surface area contributed by atoms with Crippen LogP contribution < -0.4 is 15.4 Å². The maximum absolute atomic E-state index is 13.0. The van der Waals surface area contributed by atoms with Crippen LogP contribution in [0.15, 0.2) is 48.5 Å². The molecule has 0 radical (unpaired) electrons. The molecule has 2 atom stereocenters.